The van der Waals surface area contributed by atoms with Gasteiger partial charge >= 0.3 is 0 Å². The summed E-state index contributed by atoms with van der Waals surface area (Å²) in [5.74, 6) is 1.11. The molecule has 3 rings (SSSR count). The highest BCUT2D eigenvalue weighted by Crippen LogP contribution is 2.43. The molecule has 117 valence electrons. The van der Waals surface area contributed by atoms with Gasteiger partial charge in [-0.15, -0.1) is 0 Å². The molecular weight excluding hydrogens is 274 g/mol. The van der Waals surface area contributed by atoms with Gasteiger partial charge in [-0.1, -0.05) is 0 Å². The molecule has 4 nitrogen and oxygen atoms in total. The van der Waals surface area contributed by atoms with Gasteiger partial charge in [0.25, 0.3) is 0 Å². The number of fused-ring (bicyclic) bond motifs is 1. The summed E-state index contributed by atoms with van der Waals surface area (Å²) >= 11 is 0. The highest BCUT2D eigenvalue weighted by molar-refractivity contribution is 5.80. The Morgan fingerprint density at radius 1 is 1.50 bits per heavy atom. The zero-order chi connectivity index (χ0) is 15.9. The molecule has 22 heavy (non-hydrogen) atoms. The Labute approximate surface area is 132 Å². The number of piperidine rings is 1. The smallest absolute Gasteiger partial charge is 0.143 e. The van der Waals surface area contributed by atoms with Crippen molar-refractivity contribution in [3.05, 3.63) is 24.1 Å². The largest absolute Gasteiger partial charge is 0.486 e. The van der Waals surface area contributed by atoms with Crippen molar-refractivity contribution in [2.45, 2.75) is 45.1 Å². The van der Waals surface area contributed by atoms with Crippen LogP contribution in [0, 0.1) is 24.2 Å². The molecule has 1 saturated heterocycles. The van der Waals surface area contributed by atoms with Crippen LogP contribution in [0.4, 0.5) is 11.4 Å². The van der Waals surface area contributed by atoms with E-state index in [0.29, 0.717) is 17.2 Å². The van der Waals surface area contributed by atoms with Gasteiger partial charge < -0.3 is 15.4 Å². The molecule has 1 aromatic rings. The van der Waals surface area contributed by atoms with E-state index in [0.717, 1.165) is 55.8 Å². The third-order valence-electron chi connectivity index (χ3n) is 4.68. The maximum atomic E-state index is 9.74. The third kappa shape index (κ3) is 2.61. The van der Waals surface area contributed by atoms with Crippen LogP contribution in [0.2, 0.25) is 0 Å². The maximum Gasteiger partial charge on any atom is 0.143 e. The fourth-order valence-corrected chi connectivity index (χ4v) is 3.51. The minimum absolute atomic E-state index is 0.233. The predicted molar refractivity (Wildman–Crippen MR) is 88.9 cm³/mol. The summed E-state index contributed by atoms with van der Waals surface area (Å²) in [6.07, 6.45) is 4.06. The van der Waals surface area contributed by atoms with Gasteiger partial charge in [-0.2, -0.15) is 5.26 Å². The SMILES string of the molecule is [CH2][C@@H]1CCCN(c2c(N)cc3c(c2C#N)OC(C)(C)CC3)C1. The summed E-state index contributed by atoms with van der Waals surface area (Å²) < 4.78 is 6.13. The molecule has 4 heteroatoms. The van der Waals surface area contributed by atoms with Gasteiger partial charge in [0.2, 0.25) is 0 Å². The number of nitrogens with zero attached hydrogens (tertiary/aromatic N) is 2. The summed E-state index contributed by atoms with van der Waals surface area (Å²) in [5, 5.41) is 9.74. The van der Waals surface area contributed by atoms with Gasteiger partial charge in [-0.05, 0) is 64.0 Å². The van der Waals surface area contributed by atoms with Crippen molar-refractivity contribution < 1.29 is 4.74 Å². The van der Waals surface area contributed by atoms with Crippen LogP contribution in [-0.2, 0) is 6.42 Å². The van der Waals surface area contributed by atoms with E-state index in [1.54, 1.807) is 0 Å². The Morgan fingerprint density at radius 2 is 2.27 bits per heavy atom. The lowest BCUT2D eigenvalue weighted by atomic mass is 9.90. The van der Waals surface area contributed by atoms with E-state index in [-0.39, 0.29) is 5.60 Å². The monoisotopic (exact) mass is 298 g/mol. The van der Waals surface area contributed by atoms with Crippen molar-refractivity contribution in [2.24, 2.45) is 5.92 Å². The number of rotatable bonds is 1. The number of ether oxygens (including phenoxy) is 1. The molecule has 1 atom stereocenters. The van der Waals surface area contributed by atoms with Crippen LogP contribution in [-0.4, -0.2) is 18.7 Å². The highest BCUT2D eigenvalue weighted by Gasteiger charge is 2.32. The molecule has 2 aliphatic rings. The van der Waals surface area contributed by atoms with Crippen molar-refractivity contribution in [3.8, 4) is 11.8 Å². The lowest BCUT2D eigenvalue weighted by Crippen LogP contribution is -2.37. The zero-order valence-corrected chi connectivity index (χ0v) is 13.5. The van der Waals surface area contributed by atoms with E-state index in [1.165, 1.54) is 0 Å². The fourth-order valence-electron chi connectivity index (χ4n) is 3.51. The van der Waals surface area contributed by atoms with Crippen molar-refractivity contribution in [2.75, 3.05) is 23.7 Å². The number of anilines is 2. The number of nitrogen functional groups attached to an aromatic ring is 1. The molecule has 0 aromatic heterocycles. The second-order valence-electron chi connectivity index (χ2n) is 7.11. The topological polar surface area (TPSA) is 62.3 Å². The molecule has 2 N–H and O–H groups in total. The second-order valence-corrected chi connectivity index (χ2v) is 7.11. The van der Waals surface area contributed by atoms with Crippen LogP contribution in [0.1, 0.15) is 44.2 Å². The van der Waals surface area contributed by atoms with Crippen LogP contribution in [0.15, 0.2) is 6.07 Å². The first kappa shape index (κ1) is 15.0. The molecule has 1 radical (unpaired) electrons. The van der Waals surface area contributed by atoms with Crippen molar-refractivity contribution >= 4 is 11.4 Å². The van der Waals surface area contributed by atoms with Gasteiger partial charge in [-0.25, -0.2) is 0 Å². The molecule has 0 aliphatic carbocycles. The Morgan fingerprint density at radius 3 is 2.95 bits per heavy atom. The molecule has 0 unspecified atom stereocenters. The van der Waals surface area contributed by atoms with Gasteiger partial charge in [0, 0.05) is 13.1 Å². The highest BCUT2D eigenvalue weighted by atomic mass is 16.5. The molecule has 0 saturated carbocycles. The Kier molecular flexibility index (Phi) is 3.68. The van der Waals surface area contributed by atoms with E-state index in [4.69, 9.17) is 10.5 Å². The zero-order valence-electron chi connectivity index (χ0n) is 13.5. The van der Waals surface area contributed by atoms with E-state index in [1.807, 2.05) is 6.07 Å². The lowest BCUT2D eigenvalue weighted by Gasteiger charge is -2.37. The number of aryl methyl sites for hydroxylation is 1. The summed E-state index contributed by atoms with van der Waals surface area (Å²) in [7, 11) is 0. The van der Waals surface area contributed by atoms with Gasteiger partial charge in [0.15, 0.2) is 0 Å². The van der Waals surface area contributed by atoms with Gasteiger partial charge in [0.05, 0.1) is 11.4 Å². The Hall–Kier alpha value is -1.89. The van der Waals surface area contributed by atoms with E-state index >= 15 is 0 Å². The van der Waals surface area contributed by atoms with Gasteiger partial charge in [-0.3, -0.25) is 0 Å². The minimum atomic E-state index is -0.233. The van der Waals surface area contributed by atoms with Crippen LogP contribution < -0.4 is 15.4 Å². The molecule has 2 heterocycles. The first-order valence-electron chi connectivity index (χ1n) is 8.04. The van der Waals surface area contributed by atoms with Crippen LogP contribution >= 0.6 is 0 Å². The normalized spacial score (nSPS) is 23.4. The number of hydrogen-bond acceptors (Lipinski definition) is 4. The molecular formula is C18H24N3O. The molecule has 1 aromatic carbocycles. The Bertz CT molecular complexity index is 630. The summed E-state index contributed by atoms with van der Waals surface area (Å²) in [6.45, 7) is 10.1. The lowest BCUT2D eigenvalue weighted by molar-refractivity contribution is 0.0843. The number of benzene rings is 1. The molecule has 0 spiro atoms. The second kappa shape index (κ2) is 5.39. The van der Waals surface area contributed by atoms with E-state index in [2.05, 4.69) is 31.7 Å². The van der Waals surface area contributed by atoms with Crippen LogP contribution in [0.3, 0.4) is 0 Å². The molecule has 0 bridgehead atoms. The average molecular weight is 298 g/mol. The maximum absolute atomic E-state index is 9.74. The van der Waals surface area contributed by atoms with Crippen molar-refractivity contribution in [1.82, 2.24) is 0 Å². The first-order chi connectivity index (χ1) is 10.4. The first-order valence-corrected chi connectivity index (χ1v) is 8.04. The standard InChI is InChI=1S/C18H24N3O/c1-12-5-4-8-21(11-12)16-14(10-19)17-13(9-15(16)20)6-7-18(2,3)22-17/h9,12H,1,4-8,11,20H2,2-3H3/t12-/m1/s1. The third-order valence-corrected chi connectivity index (χ3v) is 4.68. The summed E-state index contributed by atoms with van der Waals surface area (Å²) in [6, 6.07) is 4.34. The number of hydrogen-bond donors (Lipinski definition) is 1. The Balaban J connectivity index is 2.09. The molecule has 1 fully saturated rings. The summed E-state index contributed by atoms with van der Waals surface area (Å²) in [5.41, 5.74) is 9.24. The number of nitriles is 1. The predicted octanol–water partition coefficient (Wildman–Crippen LogP) is 3.29. The minimum Gasteiger partial charge on any atom is -0.486 e. The van der Waals surface area contributed by atoms with E-state index in [9.17, 15) is 5.26 Å². The number of nitrogens with two attached hydrogens (primary N) is 1. The van der Waals surface area contributed by atoms with E-state index < -0.39 is 0 Å². The van der Waals surface area contributed by atoms with Crippen LogP contribution in [0.5, 0.6) is 5.75 Å². The van der Waals surface area contributed by atoms with Gasteiger partial charge in [0.1, 0.15) is 23.0 Å². The summed E-state index contributed by atoms with van der Waals surface area (Å²) in [4.78, 5) is 2.21. The van der Waals surface area contributed by atoms with Crippen molar-refractivity contribution in [3.63, 3.8) is 0 Å². The average Bonchev–Trinajstić information content (AvgIpc) is 2.46. The fraction of sp³-hybridized carbons (Fsp3) is 0.556. The molecule has 0 amide bonds. The quantitative estimate of drug-likeness (QED) is 0.808. The molecule has 2 aliphatic heterocycles. The van der Waals surface area contributed by atoms with Crippen molar-refractivity contribution in [1.29, 1.82) is 5.26 Å². The van der Waals surface area contributed by atoms with Crippen LogP contribution in [0.25, 0.3) is 0 Å².